The van der Waals surface area contributed by atoms with Crippen molar-refractivity contribution in [2.45, 2.75) is 52.4 Å². The van der Waals surface area contributed by atoms with Crippen molar-refractivity contribution < 1.29 is 4.42 Å². The Bertz CT molecular complexity index is 3030. The second kappa shape index (κ2) is 17.8. The lowest BCUT2D eigenvalue weighted by molar-refractivity contribution is 0.420. The second-order valence-electron chi connectivity index (χ2n) is 16.5. The van der Waals surface area contributed by atoms with Gasteiger partial charge >= 0.3 is 0 Å². The molecule has 0 radical (unpaired) electrons. The molecule has 1 aliphatic carbocycles. The summed E-state index contributed by atoms with van der Waals surface area (Å²) in [5, 5.41) is 2.14. The zero-order valence-corrected chi connectivity index (χ0v) is 35.9. The van der Waals surface area contributed by atoms with Gasteiger partial charge in [0.15, 0.2) is 0 Å². The van der Waals surface area contributed by atoms with Gasteiger partial charge in [-0.1, -0.05) is 166 Å². The monoisotopic (exact) mass is 804 g/mol. The van der Waals surface area contributed by atoms with E-state index in [1.165, 1.54) is 47.1 Å². The van der Waals surface area contributed by atoms with Gasteiger partial charge in [-0.2, -0.15) is 0 Å². The third kappa shape index (κ3) is 8.15. The maximum Gasteiger partial charge on any atom is 0.143 e. The fourth-order valence-electron chi connectivity index (χ4n) is 8.77. The number of benzene rings is 7. The zero-order valence-electron chi connectivity index (χ0n) is 35.9. The minimum absolute atomic E-state index is 0.519. The molecule has 0 saturated heterocycles. The number of hydrogen-bond acceptors (Lipinski definition) is 3. The average molecular weight is 805 g/mol. The van der Waals surface area contributed by atoms with Gasteiger partial charge in [0.2, 0.25) is 0 Å². The SMILES string of the molecule is C=C(/C=C(\N)c1ccccc1)c1ccc2oc3c(-c4ccccc4)c(C)c(-c4cc(/C(C)=C/C(=N\C(=C/CC)c5ccccc5)c5ccccc5)ccc4C4CCC4)cc3c2c1. The van der Waals surface area contributed by atoms with E-state index in [0.717, 1.165) is 84.3 Å². The molecule has 1 fully saturated rings. The van der Waals surface area contributed by atoms with Crippen molar-refractivity contribution in [3.8, 4) is 22.3 Å². The molecule has 1 heterocycles. The molecule has 0 unspecified atom stereocenters. The highest BCUT2D eigenvalue weighted by molar-refractivity contribution is 6.15. The molecule has 9 rings (SSSR count). The van der Waals surface area contributed by atoms with Crippen molar-refractivity contribution in [2.24, 2.45) is 10.7 Å². The molecule has 1 saturated carbocycles. The summed E-state index contributed by atoms with van der Waals surface area (Å²) in [7, 11) is 0. The Balaban J connectivity index is 1.22. The first kappa shape index (κ1) is 40.2. The summed E-state index contributed by atoms with van der Waals surface area (Å²) in [6.45, 7) is 11.1. The second-order valence-corrected chi connectivity index (χ2v) is 16.5. The molecule has 0 atom stereocenters. The van der Waals surface area contributed by atoms with Crippen LogP contribution >= 0.6 is 0 Å². The van der Waals surface area contributed by atoms with Crippen LogP contribution in [0.5, 0.6) is 0 Å². The Morgan fingerprint density at radius 2 is 1.31 bits per heavy atom. The largest absolute Gasteiger partial charge is 0.455 e. The molecule has 1 aromatic heterocycles. The number of aliphatic imine (C=N–C) groups is 1. The fourth-order valence-corrected chi connectivity index (χ4v) is 8.77. The Morgan fingerprint density at radius 3 is 1.95 bits per heavy atom. The maximum absolute atomic E-state index is 6.84. The van der Waals surface area contributed by atoms with Gasteiger partial charge in [0, 0.05) is 27.6 Å². The van der Waals surface area contributed by atoms with Crippen molar-refractivity contribution in [2.75, 3.05) is 0 Å². The van der Waals surface area contributed by atoms with Crippen LogP contribution < -0.4 is 5.73 Å². The van der Waals surface area contributed by atoms with Gasteiger partial charge < -0.3 is 10.2 Å². The maximum atomic E-state index is 6.84. The molecule has 0 spiro atoms. The quantitative estimate of drug-likeness (QED) is 0.0988. The van der Waals surface area contributed by atoms with Crippen LogP contribution in [0.4, 0.5) is 0 Å². The fraction of sp³-hybridized carbons (Fsp3) is 0.136. The Kier molecular flexibility index (Phi) is 11.5. The molecule has 8 aromatic rings. The van der Waals surface area contributed by atoms with Gasteiger partial charge in [-0.3, -0.25) is 0 Å². The molecule has 0 aliphatic heterocycles. The molecule has 1 aliphatic rings. The number of allylic oxidation sites excluding steroid dienone is 5. The molecular formula is C59H52N2O. The van der Waals surface area contributed by atoms with Crippen molar-refractivity contribution in [1.82, 2.24) is 0 Å². The number of furan rings is 1. The third-order valence-electron chi connectivity index (χ3n) is 12.4. The summed E-state index contributed by atoms with van der Waals surface area (Å²) in [4.78, 5) is 5.36. The lowest BCUT2D eigenvalue weighted by Crippen LogP contribution is -2.10. The van der Waals surface area contributed by atoms with Gasteiger partial charge in [0.1, 0.15) is 11.2 Å². The first-order valence-corrected chi connectivity index (χ1v) is 21.9. The van der Waals surface area contributed by atoms with E-state index in [-0.39, 0.29) is 0 Å². The van der Waals surface area contributed by atoms with Gasteiger partial charge in [0.05, 0.1) is 11.4 Å². The predicted octanol–water partition coefficient (Wildman–Crippen LogP) is 15.9. The average Bonchev–Trinajstić information content (AvgIpc) is 3.66. The van der Waals surface area contributed by atoms with Crippen molar-refractivity contribution in [3.63, 3.8) is 0 Å². The van der Waals surface area contributed by atoms with Crippen LogP contribution in [0.1, 0.15) is 84.4 Å². The highest BCUT2D eigenvalue weighted by Crippen LogP contribution is 2.47. The smallest absolute Gasteiger partial charge is 0.143 e. The first-order chi connectivity index (χ1) is 30.4. The molecule has 3 heteroatoms. The van der Waals surface area contributed by atoms with E-state index in [1.54, 1.807) is 0 Å². The summed E-state index contributed by atoms with van der Waals surface area (Å²) in [6.07, 6.45) is 11.0. The third-order valence-corrected chi connectivity index (χ3v) is 12.4. The van der Waals surface area contributed by atoms with Crippen LogP contribution in [-0.2, 0) is 0 Å². The minimum atomic E-state index is 0.519. The van der Waals surface area contributed by atoms with E-state index in [9.17, 15) is 0 Å². The minimum Gasteiger partial charge on any atom is -0.455 e. The standard InChI is InChI=1S/C59H52N2O/c1-5-19-55(44-22-12-7-13-23-44)61-56(45-24-14-8-15-25-45)35-40(3)47-30-32-49(42-28-18-29-42)51(36-47)50-38-53-52-37-48(39(2)34-54(60)43-20-10-6-11-21-43)31-33-57(52)62-59(53)58(41(50)4)46-26-16-9-17-27-46/h6-17,19-27,30-38,42H,2,5,18,28-29,60H2,1,3-4H3/b40-35+,54-34-,55-19-,61-56+. The van der Waals surface area contributed by atoms with Gasteiger partial charge in [0.25, 0.3) is 0 Å². The number of nitrogens with two attached hydrogens (primary N) is 1. The Hall–Kier alpha value is -7.23. The molecule has 0 bridgehead atoms. The number of hydrogen-bond donors (Lipinski definition) is 1. The summed E-state index contributed by atoms with van der Waals surface area (Å²) < 4.78 is 6.84. The topological polar surface area (TPSA) is 51.5 Å². The van der Waals surface area contributed by atoms with Crippen molar-refractivity contribution in [1.29, 1.82) is 0 Å². The highest BCUT2D eigenvalue weighted by Gasteiger charge is 2.26. The molecule has 3 nitrogen and oxygen atoms in total. The number of fused-ring (bicyclic) bond motifs is 3. The van der Waals surface area contributed by atoms with Gasteiger partial charge in [-0.25, -0.2) is 4.99 Å². The Morgan fingerprint density at radius 1 is 0.677 bits per heavy atom. The van der Waals surface area contributed by atoms with E-state index in [4.69, 9.17) is 15.1 Å². The van der Waals surface area contributed by atoms with Crippen LogP contribution in [0.2, 0.25) is 0 Å². The predicted molar refractivity (Wildman–Crippen MR) is 265 cm³/mol. The summed E-state index contributed by atoms with van der Waals surface area (Å²) in [6, 6.07) is 57.6. The lowest BCUT2D eigenvalue weighted by atomic mass is 9.75. The lowest BCUT2D eigenvalue weighted by Gasteiger charge is -2.29. The highest BCUT2D eigenvalue weighted by atomic mass is 16.3. The van der Waals surface area contributed by atoms with Gasteiger partial charge in [-0.05, 0) is 137 Å². The zero-order chi connectivity index (χ0) is 42.6. The van der Waals surface area contributed by atoms with Crippen molar-refractivity contribution >= 4 is 50.2 Å². The molecule has 0 amide bonds. The van der Waals surface area contributed by atoms with Crippen molar-refractivity contribution in [3.05, 3.63) is 228 Å². The van der Waals surface area contributed by atoms with E-state index in [1.807, 2.05) is 36.4 Å². The molecule has 2 N–H and O–H groups in total. The number of rotatable bonds is 12. The molecular weight excluding hydrogens is 753 g/mol. The summed E-state index contributed by atoms with van der Waals surface area (Å²) in [5.41, 5.74) is 25.6. The Labute approximate surface area is 366 Å². The summed E-state index contributed by atoms with van der Waals surface area (Å²) >= 11 is 0. The first-order valence-electron chi connectivity index (χ1n) is 21.9. The molecule has 304 valence electrons. The van der Waals surface area contributed by atoms with Crippen LogP contribution in [-0.4, -0.2) is 5.71 Å². The van der Waals surface area contributed by atoms with E-state index < -0.39 is 0 Å². The van der Waals surface area contributed by atoms with E-state index in [2.05, 4.69) is 173 Å². The van der Waals surface area contributed by atoms with Crippen LogP contribution in [0.15, 0.2) is 198 Å². The normalized spacial score (nSPS) is 14.0. The van der Waals surface area contributed by atoms with Crippen LogP contribution in [0.3, 0.4) is 0 Å². The van der Waals surface area contributed by atoms with E-state index >= 15 is 0 Å². The molecule has 62 heavy (non-hydrogen) atoms. The van der Waals surface area contributed by atoms with Gasteiger partial charge in [-0.15, -0.1) is 0 Å². The molecule has 7 aromatic carbocycles. The van der Waals surface area contributed by atoms with Crippen LogP contribution in [0.25, 0.3) is 66.7 Å². The van der Waals surface area contributed by atoms with E-state index in [0.29, 0.717) is 11.6 Å². The number of nitrogens with zero attached hydrogens (tertiary/aromatic N) is 1. The summed E-state index contributed by atoms with van der Waals surface area (Å²) in [5.74, 6) is 0.519. The van der Waals surface area contributed by atoms with Crippen LogP contribution in [0, 0.1) is 6.92 Å².